The molecule has 1 aromatic carbocycles. The molecule has 0 spiro atoms. The maximum Gasteiger partial charge on any atom is 0.269 e. The van der Waals surface area contributed by atoms with Gasteiger partial charge in [-0.1, -0.05) is 49.5 Å². The molecule has 0 bridgehead atoms. The largest absolute Gasteiger partial charge is 0.369 e. The van der Waals surface area contributed by atoms with Crippen LogP contribution in [-0.4, -0.2) is 35.9 Å². The minimum atomic E-state index is -0.382. The van der Waals surface area contributed by atoms with Crippen molar-refractivity contribution in [3.63, 3.8) is 0 Å². The molecule has 4 aromatic rings. The number of benzene rings is 1. The zero-order chi connectivity index (χ0) is 23.9. The molecule has 1 aliphatic rings. The van der Waals surface area contributed by atoms with Crippen molar-refractivity contribution in [2.45, 2.75) is 68.3 Å². The zero-order valence-corrected chi connectivity index (χ0v) is 21.7. The predicted molar refractivity (Wildman–Crippen MR) is 137 cm³/mol. The molecular weight excluding hydrogens is 490 g/mol. The van der Waals surface area contributed by atoms with Gasteiger partial charge in [-0.15, -0.1) is 21.5 Å². The molecule has 1 atom stereocenters. The van der Waals surface area contributed by atoms with Crippen molar-refractivity contribution in [2.24, 2.45) is 0 Å². The molecule has 4 heterocycles. The summed E-state index contributed by atoms with van der Waals surface area (Å²) in [6.45, 7) is 7.10. The summed E-state index contributed by atoms with van der Waals surface area (Å²) in [6, 6.07) is 6.66. The number of fused-ring (bicyclic) bond motifs is 5. The van der Waals surface area contributed by atoms with Gasteiger partial charge in [-0.05, 0) is 30.9 Å². The summed E-state index contributed by atoms with van der Waals surface area (Å²) in [7, 11) is 0. The Balaban J connectivity index is 1.56. The number of nitro groups is 1. The van der Waals surface area contributed by atoms with E-state index in [4.69, 9.17) is 9.72 Å². The fourth-order valence-corrected chi connectivity index (χ4v) is 6.94. The van der Waals surface area contributed by atoms with E-state index in [1.54, 1.807) is 47.0 Å². The lowest BCUT2D eigenvalue weighted by Crippen LogP contribution is -2.33. The monoisotopic (exact) mass is 515 g/mol. The molecule has 1 unspecified atom stereocenters. The van der Waals surface area contributed by atoms with Crippen molar-refractivity contribution in [3.8, 4) is 0 Å². The van der Waals surface area contributed by atoms with Gasteiger partial charge in [0.15, 0.2) is 16.0 Å². The second-order valence-electron chi connectivity index (χ2n) is 8.55. The molecule has 178 valence electrons. The van der Waals surface area contributed by atoms with Gasteiger partial charge in [0.05, 0.1) is 22.5 Å². The van der Waals surface area contributed by atoms with E-state index in [2.05, 4.69) is 35.4 Å². The summed E-state index contributed by atoms with van der Waals surface area (Å²) >= 11 is 4.99. The highest BCUT2D eigenvalue weighted by molar-refractivity contribution is 7.99. The van der Waals surface area contributed by atoms with Crippen LogP contribution in [-0.2, 0) is 23.5 Å². The molecule has 0 saturated heterocycles. The second kappa shape index (κ2) is 9.44. The van der Waals surface area contributed by atoms with Crippen molar-refractivity contribution in [3.05, 3.63) is 50.4 Å². The van der Waals surface area contributed by atoms with E-state index < -0.39 is 0 Å². The summed E-state index contributed by atoms with van der Waals surface area (Å²) in [6.07, 6.45) is 2.83. The molecule has 34 heavy (non-hydrogen) atoms. The molecule has 1 aliphatic heterocycles. The molecule has 0 fully saturated rings. The molecule has 0 radical (unpaired) electrons. The van der Waals surface area contributed by atoms with Crippen molar-refractivity contribution in [1.82, 2.24) is 19.6 Å². The molecule has 0 N–H and O–H groups in total. The lowest BCUT2D eigenvalue weighted by Gasteiger charge is -2.33. The highest BCUT2D eigenvalue weighted by atomic mass is 32.2. The Morgan fingerprint density at radius 2 is 2.00 bits per heavy atom. The summed E-state index contributed by atoms with van der Waals surface area (Å²) in [4.78, 5) is 17.8. The third kappa shape index (κ3) is 4.30. The molecule has 5 rings (SSSR count). The predicted octanol–water partition coefficient (Wildman–Crippen LogP) is 6.28. The number of hydrogen-bond donors (Lipinski definition) is 0. The first-order chi connectivity index (χ1) is 16.4. The van der Waals surface area contributed by atoms with Crippen LogP contribution in [0.1, 0.15) is 49.6 Å². The van der Waals surface area contributed by atoms with Crippen LogP contribution in [0.15, 0.2) is 34.6 Å². The quantitative estimate of drug-likeness (QED) is 0.117. The molecule has 0 saturated carbocycles. The number of rotatable bonds is 8. The number of ether oxygens (including phenoxy) is 1. The molecule has 11 heteroatoms. The third-order valence-electron chi connectivity index (χ3n) is 6.12. The Morgan fingerprint density at radius 3 is 2.71 bits per heavy atom. The second-order valence-corrected chi connectivity index (χ2v) is 11.6. The van der Waals surface area contributed by atoms with Gasteiger partial charge in [-0.3, -0.25) is 10.1 Å². The van der Waals surface area contributed by atoms with E-state index in [9.17, 15) is 10.1 Å². The van der Waals surface area contributed by atoms with Gasteiger partial charge in [-0.25, -0.2) is 9.38 Å². The van der Waals surface area contributed by atoms with Gasteiger partial charge in [0, 0.05) is 34.9 Å². The maximum atomic E-state index is 10.9. The van der Waals surface area contributed by atoms with Crippen LogP contribution in [0.3, 0.4) is 0 Å². The summed E-state index contributed by atoms with van der Waals surface area (Å²) in [5.74, 6) is 1.60. The van der Waals surface area contributed by atoms with E-state index in [0.29, 0.717) is 12.4 Å². The lowest BCUT2D eigenvalue weighted by atomic mass is 9.90. The van der Waals surface area contributed by atoms with Crippen molar-refractivity contribution < 1.29 is 9.66 Å². The number of aromatic nitrogens is 4. The van der Waals surface area contributed by atoms with Crippen LogP contribution in [0.4, 0.5) is 5.69 Å². The van der Waals surface area contributed by atoms with Crippen LogP contribution >= 0.6 is 34.9 Å². The first-order valence-corrected chi connectivity index (χ1v) is 14.0. The van der Waals surface area contributed by atoms with Gasteiger partial charge < -0.3 is 4.74 Å². The number of non-ortho nitro benzene ring substituents is 1. The fraction of sp³-hybridized carbons (Fsp3) is 0.435. The SMILES string of the molecule is CCCSc1nc2sc3c(c2c2nnc(SCc4ccc([N+](=O)[O-])cc4)n12)CC(C)(CC)OC3. The number of hydrogen-bond acceptors (Lipinski definition) is 9. The van der Waals surface area contributed by atoms with E-state index in [0.717, 1.165) is 56.8 Å². The highest BCUT2D eigenvalue weighted by Gasteiger charge is 2.33. The van der Waals surface area contributed by atoms with Gasteiger partial charge in [0.25, 0.3) is 5.69 Å². The Labute approximate surface area is 209 Å². The summed E-state index contributed by atoms with van der Waals surface area (Å²) in [5, 5.41) is 22.9. The molecule has 0 amide bonds. The van der Waals surface area contributed by atoms with E-state index in [1.807, 2.05) is 0 Å². The summed E-state index contributed by atoms with van der Waals surface area (Å²) < 4.78 is 8.27. The number of thioether (sulfide) groups is 2. The first-order valence-electron chi connectivity index (χ1n) is 11.2. The minimum Gasteiger partial charge on any atom is -0.369 e. The van der Waals surface area contributed by atoms with Crippen LogP contribution < -0.4 is 0 Å². The Morgan fingerprint density at radius 1 is 1.21 bits per heavy atom. The third-order valence-corrected chi connectivity index (χ3v) is 9.36. The van der Waals surface area contributed by atoms with Gasteiger partial charge in [0.2, 0.25) is 0 Å². The summed E-state index contributed by atoms with van der Waals surface area (Å²) in [5.41, 5.74) is 3.05. The van der Waals surface area contributed by atoms with E-state index in [-0.39, 0.29) is 16.2 Å². The molecular formula is C23H25N5O3S3. The van der Waals surface area contributed by atoms with Crippen LogP contribution in [0.5, 0.6) is 0 Å². The Hall–Kier alpha value is -2.21. The van der Waals surface area contributed by atoms with Crippen molar-refractivity contribution >= 4 is 56.4 Å². The van der Waals surface area contributed by atoms with Gasteiger partial charge >= 0.3 is 0 Å². The minimum absolute atomic E-state index is 0.0943. The van der Waals surface area contributed by atoms with Gasteiger partial charge in [-0.2, -0.15) is 0 Å². The average molecular weight is 516 g/mol. The van der Waals surface area contributed by atoms with Gasteiger partial charge in [0.1, 0.15) is 4.83 Å². The van der Waals surface area contributed by atoms with E-state index in [1.165, 1.54) is 22.6 Å². The molecule has 8 nitrogen and oxygen atoms in total. The van der Waals surface area contributed by atoms with Crippen LogP contribution in [0, 0.1) is 10.1 Å². The van der Waals surface area contributed by atoms with Crippen LogP contribution in [0.2, 0.25) is 0 Å². The topological polar surface area (TPSA) is 95.5 Å². The lowest BCUT2D eigenvalue weighted by molar-refractivity contribution is -0.384. The number of thiophene rings is 1. The average Bonchev–Trinajstić information content (AvgIpc) is 3.42. The highest BCUT2D eigenvalue weighted by Crippen LogP contribution is 2.42. The smallest absolute Gasteiger partial charge is 0.269 e. The van der Waals surface area contributed by atoms with Crippen LogP contribution in [0.25, 0.3) is 15.9 Å². The van der Waals surface area contributed by atoms with Crippen molar-refractivity contribution in [1.29, 1.82) is 0 Å². The number of nitro benzene ring substituents is 1. The molecule has 0 aliphatic carbocycles. The molecule has 3 aromatic heterocycles. The van der Waals surface area contributed by atoms with Crippen molar-refractivity contribution in [2.75, 3.05) is 5.75 Å². The normalized spacial score (nSPS) is 18.0. The zero-order valence-electron chi connectivity index (χ0n) is 19.2. The Bertz CT molecular complexity index is 1370. The first kappa shape index (κ1) is 23.5. The Kier molecular flexibility index (Phi) is 6.54. The fourth-order valence-electron chi connectivity index (χ4n) is 3.99. The maximum absolute atomic E-state index is 10.9. The number of nitrogens with zero attached hydrogens (tertiary/aromatic N) is 5. The van der Waals surface area contributed by atoms with E-state index >= 15 is 0 Å². The standard InChI is InChI=1S/C23H25N5O3S3/c1-4-10-32-21-24-20-18(16-11-23(3,5-2)31-12-17(16)34-20)19-25-26-22(27(19)21)33-13-14-6-8-15(9-7-14)28(29)30/h6-9H,4-5,10-13H2,1-3H3.